The first-order valence-electron chi connectivity index (χ1n) is 18.4. The van der Waals surface area contributed by atoms with Crippen molar-refractivity contribution in [2.45, 2.75) is 82.3 Å². The van der Waals surface area contributed by atoms with Crippen LogP contribution in [0.4, 0.5) is 0 Å². The van der Waals surface area contributed by atoms with E-state index in [4.69, 9.17) is 0 Å². The van der Waals surface area contributed by atoms with Gasteiger partial charge in [0.05, 0.1) is 0 Å². The van der Waals surface area contributed by atoms with Gasteiger partial charge in [0.25, 0.3) is 0 Å². The summed E-state index contributed by atoms with van der Waals surface area (Å²) >= 11 is 0. The molecule has 0 saturated heterocycles. The Morgan fingerprint density at radius 2 is 0.740 bits per heavy atom. The van der Waals surface area contributed by atoms with E-state index in [1.165, 1.54) is 100 Å². The summed E-state index contributed by atoms with van der Waals surface area (Å²) in [5, 5.41) is 6.61. The highest BCUT2D eigenvalue weighted by Gasteiger charge is 2.62. The van der Waals surface area contributed by atoms with Crippen LogP contribution in [0.25, 0.3) is 44.5 Å². The van der Waals surface area contributed by atoms with E-state index in [-0.39, 0.29) is 0 Å². The van der Waals surface area contributed by atoms with Crippen LogP contribution < -0.4 is 20.7 Å². The van der Waals surface area contributed by atoms with Gasteiger partial charge < -0.3 is 0 Å². The van der Waals surface area contributed by atoms with Gasteiger partial charge in [-0.1, -0.05) is 120 Å². The molecule has 0 bridgehead atoms. The number of hydrogen-bond acceptors (Lipinski definition) is 0. The van der Waals surface area contributed by atoms with Crippen molar-refractivity contribution >= 4 is 35.9 Å². The maximum Gasteiger partial charge on any atom is 0.120 e. The van der Waals surface area contributed by atoms with Gasteiger partial charge in [-0.15, -0.1) is 0 Å². The molecule has 6 aromatic rings. The third-order valence-corrected chi connectivity index (χ3v) is 29.8. The zero-order chi connectivity index (χ0) is 35.6. The van der Waals surface area contributed by atoms with Crippen molar-refractivity contribution in [3.63, 3.8) is 0 Å². The second-order valence-electron chi connectivity index (χ2n) is 16.3. The highest BCUT2D eigenvalue weighted by atomic mass is 29.3. The molecule has 0 spiro atoms. The molecule has 2 unspecified atom stereocenters. The summed E-state index contributed by atoms with van der Waals surface area (Å²) in [6.07, 6.45) is 0. The summed E-state index contributed by atoms with van der Waals surface area (Å²) in [5.74, 6) is 0. The molecule has 2 aliphatic rings. The quantitative estimate of drug-likeness (QED) is 0.163. The van der Waals surface area contributed by atoms with Gasteiger partial charge in [0.15, 0.2) is 0 Å². The minimum absolute atomic E-state index is 1.33. The summed E-state index contributed by atoms with van der Waals surface area (Å²) in [6, 6.07) is 34.4. The maximum atomic E-state index is 2.79. The predicted octanol–water partition coefficient (Wildman–Crippen LogP) is 10.2. The molecule has 250 valence electrons. The van der Waals surface area contributed by atoms with E-state index in [9.17, 15) is 0 Å². The Bertz CT molecular complexity index is 2410. The fourth-order valence-electron chi connectivity index (χ4n) is 10.9. The summed E-state index contributed by atoms with van der Waals surface area (Å²) < 4.78 is 0. The van der Waals surface area contributed by atoms with Crippen molar-refractivity contribution in [1.29, 1.82) is 0 Å². The Balaban J connectivity index is 1.55. The molecule has 0 radical (unpaired) electrons. The lowest BCUT2D eigenvalue weighted by Gasteiger charge is -2.43. The van der Waals surface area contributed by atoms with Crippen LogP contribution in [0.1, 0.15) is 55.6 Å². The molecule has 0 amide bonds. The van der Waals surface area contributed by atoms with Gasteiger partial charge in [0.1, 0.15) is 15.2 Å². The van der Waals surface area contributed by atoms with Crippen LogP contribution in [0.15, 0.2) is 84.9 Å². The Labute approximate surface area is 302 Å². The molecule has 2 aliphatic heterocycles. The lowest BCUT2D eigenvalue weighted by molar-refractivity contribution is 1.32. The van der Waals surface area contributed by atoms with Gasteiger partial charge in [0, 0.05) is 0 Å². The molecule has 0 nitrogen and oxygen atoms in total. The number of fused-ring (bicyclic) bond motifs is 6. The average Bonchev–Trinajstić information content (AvgIpc) is 3.44. The van der Waals surface area contributed by atoms with Gasteiger partial charge in [0.2, 0.25) is 0 Å². The largest absolute Gasteiger partial charge is 0.120 e. The highest BCUT2D eigenvalue weighted by molar-refractivity contribution is 7.60. The first kappa shape index (κ1) is 32.9. The second kappa shape index (κ2) is 11.1. The van der Waals surface area contributed by atoms with Crippen LogP contribution in [0.5, 0.6) is 0 Å². The second-order valence-corrected chi connectivity index (χ2v) is 28.9. The van der Waals surface area contributed by atoms with E-state index in [1.54, 1.807) is 20.7 Å². The van der Waals surface area contributed by atoms with E-state index < -0.39 is 15.2 Å². The third-order valence-electron chi connectivity index (χ3n) is 12.6. The monoisotopic (exact) mass is 682 g/mol. The zero-order valence-corrected chi connectivity index (χ0v) is 34.1. The minimum atomic E-state index is -2.54. The van der Waals surface area contributed by atoms with Crippen LogP contribution >= 0.6 is 0 Å². The molecule has 0 aliphatic carbocycles. The van der Waals surface area contributed by atoms with E-state index in [2.05, 4.69) is 167 Å². The van der Waals surface area contributed by atoms with Crippen molar-refractivity contribution in [3.8, 4) is 44.5 Å². The molecule has 50 heavy (non-hydrogen) atoms. The zero-order valence-electron chi connectivity index (χ0n) is 32.1. The van der Waals surface area contributed by atoms with Crippen molar-refractivity contribution in [3.05, 3.63) is 141 Å². The minimum Gasteiger partial charge on any atom is -0.0628 e. The topological polar surface area (TPSA) is 0 Å². The van der Waals surface area contributed by atoms with Crippen molar-refractivity contribution in [1.82, 2.24) is 0 Å². The standard InChI is InChI=1S/C48H50Si2/c1-27-18-31(5)44(32(6)19-27)37-16-17-38-41(26-37)49(11,42-24-29(3)22-35(9)46(38)42)50(12)43-25-30(4)23-36(10)47(43)40-15-13-14-39(48(40)50)45-33(7)20-28(2)21-34(45)8/h13-26H,1-12H3. The van der Waals surface area contributed by atoms with E-state index >= 15 is 0 Å². The lowest BCUT2D eigenvalue weighted by Crippen LogP contribution is -2.80. The van der Waals surface area contributed by atoms with E-state index in [0.29, 0.717) is 0 Å². The number of rotatable bonds is 3. The smallest absolute Gasteiger partial charge is 0.0628 e. The summed E-state index contributed by atoms with van der Waals surface area (Å²) in [5.41, 5.74) is 25.4. The van der Waals surface area contributed by atoms with E-state index in [1.807, 2.05) is 0 Å². The molecule has 0 fully saturated rings. The SMILES string of the molecule is Cc1cc(C)c(-c2ccc3c(c2)[Si](C)([Si]2(C)c4cc(C)cc(C)c4-c4cccc(-c5c(C)cc(C)cc5C)c42)c2cc(C)cc(C)c2-3)c(C)c1. The number of hydrogen-bond donors (Lipinski definition) is 0. The summed E-state index contributed by atoms with van der Waals surface area (Å²) in [6.45, 7) is 28.6. The molecule has 8 rings (SSSR count). The Morgan fingerprint density at radius 3 is 1.26 bits per heavy atom. The average molecular weight is 683 g/mol. The fourth-order valence-corrected chi connectivity index (χ4v) is 27.9. The molecule has 2 heteroatoms. The molecule has 0 aromatic heterocycles. The Kier molecular flexibility index (Phi) is 7.33. The predicted molar refractivity (Wildman–Crippen MR) is 224 cm³/mol. The molecule has 0 N–H and O–H groups in total. The molecule has 0 saturated carbocycles. The molecular formula is C48H50Si2. The maximum absolute atomic E-state index is 2.79. The highest BCUT2D eigenvalue weighted by Crippen LogP contribution is 2.45. The Hall–Kier alpha value is -4.25. The lowest BCUT2D eigenvalue weighted by atomic mass is 9.91. The van der Waals surface area contributed by atoms with Gasteiger partial charge in [-0.05, 0) is 168 Å². The van der Waals surface area contributed by atoms with Gasteiger partial charge in [-0.3, -0.25) is 0 Å². The first-order valence-corrected chi connectivity index (χ1v) is 24.4. The molecular weight excluding hydrogens is 633 g/mol. The van der Waals surface area contributed by atoms with Gasteiger partial charge in [-0.25, -0.2) is 0 Å². The molecule has 2 atom stereocenters. The van der Waals surface area contributed by atoms with Crippen molar-refractivity contribution in [2.75, 3.05) is 0 Å². The van der Waals surface area contributed by atoms with Crippen molar-refractivity contribution in [2.24, 2.45) is 0 Å². The van der Waals surface area contributed by atoms with Crippen LogP contribution in [-0.2, 0) is 0 Å². The normalized spacial score (nSPS) is 18.6. The Morgan fingerprint density at radius 1 is 0.340 bits per heavy atom. The van der Waals surface area contributed by atoms with Crippen LogP contribution in [0.2, 0.25) is 13.1 Å². The van der Waals surface area contributed by atoms with E-state index in [0.717, 1.165) is 0 Å². The first-order chi connectivity index (χ1) is 23.7. The summed E-state index contributed by atoms with van der Waals surface area (Å²) in [7, 11) is -5.05. The number of aryl methyl sites for hydroxylation is 10. The summed E-state index contributed by atoms with van der Waals surface area (Å²) in [4.78, 5) is 0. The number of benzene rings is 6. The van der Waals surface area contributed by atoms with Crippen LogP contribution in [0, 0.1) is 69.2 Å². The van der Waals surface area contributed by atoms with Gasteiger partial charge >= 0.3 is 0 Å². The van der Waals surface area contributed by atoms with Crippen molar-refractivity contribution < 1.29 is 0 Å². The van der Waals surface area contributed by atoms with Crippen LogP contribution in [0.3, 0.4) is 0 Å². The fraction of sp³-hybridized carbons (Fsp3) is 0.250. The van der Waals surface area contributed by atoms with Crippen LogP contribution in [-0.4, -0.2) is 15.2 Å². The molecule has 2 heterocycles. The van der Waals surface area contributed by atoms with Gasteiger partial charge in [-0.2, -0.15) is 0 Å². The third kappa shape index (κ3) is 4.34. The molecule has 6 aromatic carbocycles.